The van der Waals surface area contributed by atoms with E-state index in [1.165, 1.54) is 30.1 Å². The number of carboxylic acid groups (broad SMARTS) is 1. The first-order valence-electron chi connectivity index (χ1n) is 5.97. The summed E-state index contributed by atoms with van der Waals surface area (Å²) >= 11 is 1.25. The minimum absolute atomic E-state index is 0.00489. The summed E-state index contributed by atoms with van der Waals surface area (Å²) in [5.74, 6) is -0.589. The van der Waals surface area contributed by atoms with Crippen molar-refractivity contribution in [2.24, 2.45) is 0 Å². The van der Waals surface area contributed by atoms with Crippen LogP contribution in [0, 0.1) is 0 Å². The van der Waals surface area contributed by atoms with E-state index in [9.17, 15) is 14.4 Å². The van der Waals surface area contributed by atoms with Crippen LogP contribution in [0.1, 0.15) is 16.9 Å². The molecule has 20 heavy (non-hydrogen) atoms. The van der Waals surface area contributed by atoms with E-state index in [-0.39, 0.29) is 23.3 Å². The number of thioether (sulfide) groups is 1. The van der Waals surface area contributed by atoms with Crippen LogP contribution in [0.3, 0.4) is 0 Å². The first kappa shape index (κ1) is 14.3. The summed E-state index contributed by atoms with van der Waals surface area (Å²) in [4.78, 5) is 39.0. The Morgan fingerprint density at radius 2 is 2.25 bits per heavy atom. The van der Waals surface area contributed by atoms with E-state index in [2.05, 4.69) is 10.3 Å². The lowest BCUT2D eigenvalue weighted by molar-refractivity contribution is -0.116. The first-order chi connectivity index (χ1) is 9.56. The van der Waals surface area contributed by atoms with E-state index < -0.39 is 5.97 Å². The van der Waals surface area contributed by atoms with Gasteiger partial charge in [0, 0.05) is 25.3 Å². The van der Waals surface area contributed by atoms with Crippen LogP contribution in [0.2, 0.25) is 0 Å². The zero-order valence-electron chi connectivity index (χ0n) is 10.5. The number of aromatic carboxylic acids is 1. The molecule has 2 amide bonds. The monoisotopic (exact) mass is 295 g/mol. The molecule has 8 heteroatoms. The summed E-state index contributed by atoms with van der Waals surface area (Å²) in [5, 5.41) is 11.3. The number of nitrogens with zero attached hydrogens (tertiary/aromatic N) is 2. The largest absolute Gasteiger partial charge is 0.477 e. The summed E-state index contributed by atoms with van der Waals surface area (Å²) < 4.78 is 0. The number of pyridine rings is 1. The van der Waals surface area contributed by atoms with Crippen molar-refractivity contribution < 1.29 is 19.5 Å². The lowest BCUT2D eigenvalue weighted by atomic mass is 10.3. The van der Waals surface area contributed by atoms with Gasteiger partial charge in [0.2, 0.25) is 5.91 Å². The van der Waals surface area contributed by atoms with E-state index in [0.717, 1.165) is 5.75 Å². The van der Waals surface area contributed by atoms with Crippen molar-refractivity contribution in [3.63, 3.8) is 0 Å². The Kier molecular flexibility index (Phi) is 4.57. The molecule has 0 saturated carbocycles. The number of hydrogen-bond acceptors (Lipinski definition) is 5. The Morgan fingerprint density at radius 3 is 2.80 bits per heavy atom. The molecule has 2 heterocycles. The predicted molar refractivity (Wildman–Crippen MR) is 73.9 cm³/mol. The Balaban J connectivity index is 1.82. The maximum Gasteiger partial charge on any atom is 0.354 e. The molecule has 0 atom stereocenters. The van der Waals surface area contributed by atoms with E-state index in [1.807, 2.05) is 0 Å². The van der Waals surface area contributed by atoms with E-state index in [1.54, 1.807) is 4.90 Å². The number of aromatic nitrogens is 1. The number of rotatable bonds is 5. The van der Waals surface area contributed by atoms with E-state index in [4.69, 9.17) is 5.11 Å². The van der Waals surface area contributed by atoms with Gasteiger partial charge in [-0.3, -0.25) is 9.59 Å². The zero-order valence-corrected chi connectivity index (χ0v) is 11.4. The average molecular weight is 295 g/mol. The lowest BCUT2D eigenvalue weighted by Gasteiger charge is -2.13. The van der Waals surface area contributed by atoms with Crippen LogP contribution in [0.4, 0.5) is 10.5 Å². The van der Waals surface area contributed by atoms with Gasteiger partial charge in [-0.1, -0.05) is 11.8 Å². The molecule has 1 aliphatic rings. The van der Waals surface area contributed by atoms with Crippen LogP contribution in [0.25, 0.3) is 0 Å². The number of nitrogens with one attached hydrogen (secondary N) is 1. The van der Waals surface area contributed by atoms with Crippen molar-refractivity contribution in [1.82, 2.24) is 9.88 Å². The van der Waals surface area contributed by atoms with Gasteiger partial charge in [-0.05, 0) is 12.1 Å². The van der Waals surface area contributed by atoms with Crippen LogP contribution in [-0.4, -0.2) is 50.9 Å². The number of carboxylic acids is 1. The molecule has 0 aromatic carbocycles. The van der Waals surface area contributed by atoms with Crippen LogP contribution in [0.5, 0.6) is 0 Å². The van der Waals surface area contributed by atoms with Gasteiger partial charge < -0.3 is 15.3 Å². The van der Waals surface area contributed by atoms with Crippen LogP contribution >= 0.6 is 11.8 Å². The van der Waals surface area contributed by atoms with Crippen molar-refractivity contribution in [3.8, 4) is 0 Å². The highest BCUT2D eigenvalue weighted by atomic mass is 32.2. The minimum atomic E-state index is -1.12. The first-order valence-corrected chi connectivity index (χ1v) is 6.96. The van der Waals surface area contributed by atoms with Gasteiger partial charge >= 0.3 is 5.97 Å². The molecule has 0 unspecified atom stereocenters. The van der Waals surface area contributed by atoms with Crippen molar-refractivity contribution in [2.45, 2.75) is 6.42 Å². The maximum atomic E-state index is 11.7. The molecule has 1 aromatic rings. The molecule has 1 aliphatic heterocycles. The van der Waals surface area contributed by atoms with Crippen LogP contribution in [-0.2, 0) is 4.79 Å². The fourth-order valence-electron chi connectivity index (χ4n) is 1.68. The normalized spacial score (nSPS) is 14.4. The fourth-order valence-corrected chi connectivity index (χ4v) is 2.53. The lowest BCUT2D eigenvalue weighted by Crippen LogP contribution is -2.27. The minimum Gasteiger partial charge on any atom is -0.477 e. The maximum absolute atomic E-state index is 11.7. The Morgan fingerprint density at radius 1 is 1.45 bits per heavy atom. The molecule has 2 N–H and O–H groups in total. The molecule has 1 fully saturated rings. The quantitative estimate of drug-likeness (QED) is 0.848. The molecule has 1 aromatic heterocycles. The molecule has 0 radical (unpaired) electrons. The third-order valence-electron chi connectivity index (χ3n) is 2.72. The summed E-state index contributed by atoms with van der Waals surface area (Å²) in [5.41, 5.74) is 0.352. The third-order valence-corrected chi connectivity index (χ3v) is 3.61. The summed E-state index contributed by atoms with van der Waals surface area (Å²) in [6.45, 7) is 1.06. The SMILES string of the molecule is O=C(CCN1CCSC1=O)Nc1ccc(C(=O)O)nc1. The van der Waals surface area contributed by atoms with Crippen LogP contribution < -0.4 is 5.32 Å². The summed E-state index contributed by atoms with van der Waals surface area (Å²) in [6, 6.07) is 2.80. The van der Waals surface area contributed by atoms with E-state index >= 15 is 0 Å². The molecule has 1 saturated heterocycles. The standard InChI is InChI=1S/C12H13N3O4S/c16-10(3-4-15-5-6-20-12(15)19)14-8-1-2-9(11(17)18)13-7-8/h1-2,7H,3-6H2,(H,14,16)(H,17,18). The topological polar surface area (TPSA) is 99.6 Å². The van der Waals surface area contributed by atoms with E-state index in [0.29, 0.717) is 18.8 Å². The second kappa shape index (κ2) is 6.38. The molecule has 106 valence electrons. The van der Waals surface area contributed by atoms with Gasteiger partial charge in [0.25, 0.3) is 5.24 Å². The Bertz CT molecular complexity index is 532. The van der Waals surface area contributed by atoms with Gasteiger partial charge in [-0.15, -0.1) is 0 Å². The third kappa shape index (κ3) is 3.70. The van der Waals surface area contributed by atoms with Gasteiger partial charge in [-0.2, -0.15) is 0 Å². The molecule has 0 aliphatic carbocycles. The Hall–Kier alpha value is -2.09. The van der Waals surface area contributed by atoms with Crippen molar-refractivity contribution in [3.05, 3.63) is 24.0 Å². The fraction of sp³-hybridized carbons (Fsp3) is 0.333. The number of carbonyl (C=O) groups is 3. The molecule has 0 spiro atoms. The molecule has 2 rings (SSSR count). The summed E-state index contributed by atoms with van der Waals surface area (Å²) in [7, 11) is 0. The average Bonchev–Trinajstić information content (AvgIpc) is 2.82. The van der Waals surface area contributed by atoms with Gasteiger partial charge in [-0.25, -0.2) is 9.78 Å². The summed E-state index contributed by atoms with van der Waals surface area (Å²) in [6.07, 6.45) is 1.49. The smallest absolute Gasteiger partial charge is 0.354 e. The predicted octanol–water partition coefficient (Wildman–Crippen LogP) is 1.28. The second-order valence-corrected chi connectivity index (χ2v) is 5.18. The van der Waals surface area contributed by atoms with Crippen molar-refractivity contribution in [1.29, 1.82) is 0 Å². The molecular weight excluding hydrogens is 282 g/mol. The molecule has 0 bridgehead atoms. The van der Waals surface area contributed by atoms with Gasteiger partial charge in [0.1, 0.15) is 5.69 Å². The van der Waals surface area contributed by atoms with Crippen LogP contribution in [0.15, 0.2) is 18.3 Å². The highest BCUT2D eigenvalue weighted by Crippen LogP contribution is 2.17. The van der Waals surface area contributed by atoms with Crippen molar-refractivity contribution in [2.75, 3.05) is 24.2 Å². The van der Waals surface area contributed by atoms with Gasteiger partial charge in [0.15, 0.2) is 0 Å². The zero-order chi connectivity index (χ0) is 14.5. The number of carbonyl (C=O) groups excluding carboxylic acids is 2. The molecular formula is C12H13N3O4S. The number of amides is 2. The second-order valence-electron chi connectivity index (χ2n) is 4.14. The molecule has 7 nitrogen and oxygen atoms in total. The van der Waals surface area contributed by atoms with Crippen molar-refractivity contribution >= 4 is 34.6 Å². The highest BCUT2D eigenvalue weighted by molar-refractivity contribution is 8.13. The van der Waals surface area contributed by atoms with Gasteiger partial charge in [0.05, 0.1) is 11.9 Å². The number of anilines is 1. The Labute approximate surface area is 119 Å². The highest BCUT2D eigenvalue weighted by Gasteiger charge is 2.21. The number of hydrogen-bond donors (Lipinski definition) is 2.